The van der Waals surface area contributed by atoms with Crippen LogP contribution in [0.3, 0.4) is 0 Å². The highest BCUT2D eigenvalue weighted by Gasteiger charge is 2.18. The quantitative estimate of drug-likeness (QED) is 0.854. The molecule has 1 amide bonds. The Morgan fingerprint density at radius 3 is 2.46 bits per heavy atom. The van der Waals surface area contributed by atoms with Crippen molar-refractivity contribution in [3.05, 3.63) is 21.4 Å². The third-order valence-electron chi connectivity index (χ3n) is 4.21. The van der Waals surface area contributed by atoms with Crippen molar-refractivity contribution in [1.29, 1.82) is 0 Å². The molecule has 140 valence electrons. The maximum atomic E-state index is 12.4. The van der Waals surface area contributed by atoms with Gasteiger partial charge in [0.05, 0.1) is 17.2 Å². The van der Waals surface area contributed by atoms with Crippen LogP contribution in [0.15, 0.2) is 0 Å². The number of rotatable bonds is 5. The number of carbonyl (C=O) groups is 1. The lowest BCUT2D eigenvalue weighted by Crippen LogP contribution is -2.32. The van der Waals surface area contributed by atoms with E-state index < -0.39 is 0 Å². The van der Waals surface area contributed by atoms with E-state index >= 15 is 0 Å². The van der Waals surface area contributed by atoms with Gasteiger partial charge in [-0.25, -0.2) is 4.98 Å². The Labute approximate surface area is 157 Å². The summed E-state index contributed by atoms with van der Waals surface area (Å²) in [6, 6.07) is 0. The van der Waals surface area contributed by atoms with Gasteiger partial charge in [0.2, 0.25) is 11.9 Å². The molecule has 8 nitrogen and oxygen atoms in total. The molecule has 0 radical (unpaired) electrons. The van der Waals surface area contributed by atoms with Gasteiger partial charge in [-0.3, -0.25) is 4.79 Å². The number of nitrogens with one attached hydrogen (secondary N) is 1. The third-order valence-corrected chi connectivity index (χ3v) is 5.29. The Morgan fingerprint density at radius 2 is 1.85 bits per heavy atom. The first-order valence-corrected chi connectivity index (χ1v) is 9.65. The fraction of sp³-hybridized carbons (Fsp3) is 0.588. The predicted molar refractivity (Wildman–Crippen MR) is 103 cm³/mol. The van der Waals surface area contributed by atoms with Gasteiger partial charge in [-0.15, -0.1) is 11.3 Å². The zero-order chi connectivity index (χ0) is 18.7. The molecule has 1 aliphatic rings. The number of piperidine rings is 1. The van der Waals surface area contributed by atoms with E-state index in [1.165, 1.54) is 17.8 Å². The van der Waals surface area contributed by atoms with Gasteiger partial charge >= 0.3 is 0 Å². The van der Waals surface area contributed by atoms with Gasteiger partial charge in [0.1, 0.15) is 4.88 Å². The molecule has 0 aromatic carbocycles. The molecule has 9 heteroatoms. The number of hydrogen-bond acceptors (Lipinski definition) is 8. The lowest BCUT2D eigenvalue weighted by Gasteiger charge is -2.27. The van der Waals surface area contributed by atoms with Crippen molar-refractivity contribution in [2.24, 2.45) is 0 Å². The fourth-order valence-electron chi connectivity index (χ4n) is 2.89. The molecule has 0 saturated carbocycles. The minimum Gasteiger partial charge on any atom is -0.347 e. The van der Waals surface area contributed by atoms with Crippen molar-refractivity contribution in [2.45, 2.75) is 39.7 Å². The summed E-state index contributed by atoms with van der Waals surface area (Å²) >= 11 is 1.40. The largest absolute Gasteiger partial charge is 0.347 e. The predicted octanol–water partition coefficient (Wildman–Crippen LogP) is 1.93. The van der Waals surface area contributed by atoms with Crippen molar-refractivity contribution < 1.29 is 4.79 Å². The summed E-state index contributed by atoms with van der Waals surface area (Å²) in [4.78, 5) is 35.0. The first-order valence-electron chi connectivity index (χ1n) is 8.83. The van der Waals surface area contributed by atoms with Gasteiger partial charge < -0.3 is 15.1 Å². The molecular formula is C17H25N7OS. The molecule has 3 rings (SSSR count). The Kier molecular flexibility index (Phi) is 5.65. The molecule has 0 unspecified atom stereocenters. The van der Waals surface area contributed by atoms with E-state index in [4.69, 9.17) is 0 Å². The van der Waals surface area contributed by atoms with E-state index in [9.17, 15) is 4.79 Å². The summed E-state index contributed by atoms with van der Waals surface area (Å²) < 4.78 is 0. The van der Waals surface area contributed by atoms with Crippen LogP contribution in [0.1, 0.15) is 45.5 Å². The van der Waals surface area contributed by atoms with E-state index in [0.717, 1.165) is 36.6 Å². The van der Waals surface area contributed by atoms with Crippen LogP contribution in [-0.4, -0.2) is 53.0 Å². The van der Waals surface area contributed by atoms with E-state index in [1.54, 1.807) is 0 Å². The van der Waals surface area contributed by atoms with Gasteiger partial charge in [-0.2, -0.15) is 15.0 Å². The van der Waals surface area contributed by atoms with Crippen LogP contribution in [-0.2, 0) is 6.54 Å². The van der Waals surface area contributed by atoms with Crippen LogP contribution in [0.25, 0.3) is 0 Å². The van der Waals surface area contributed by atoms with Crippen LogP contribution in [0, 0.1) is 13.8 Å². The molecule has 1 aliphatic heterocycles. The van der Waals surface area contributed by atoms with Gasteiger partial charge in [0.25, 0.3) is 5.91 Å². The van der Waals surface area contributed by atoms with Crippen molar-refractivity contribution in [1.82, 2.24) is 25.3 Å². The topological polar surface area (TPSA) is 87.1 Å². The van der Waals surface area contributed by atoms with Gasteiger partial charge in [0.15, 0.2) is 5.82 Å². The maximum absolute atomic E-state index is 12.4. The first kappa shape index (κ1) is 18.5. The standard InChI is InChI=1S/C17H25N7OS/c1-11-14(26-12(2)19-11)15(25)18-10-13-20-16(23(3)4)22-17(21-13)24-8-6-5-7-9-24/h5-10H2,1-4H3,(H,18,25). The minimum atomic E-state index is -0.139. The van der Waals surface area contributed by atoms with Crippen molar-refractivity contribution in [3.8, 4) is 0 Å². The number of amides is 1. The molecule has 0 aliphatic carbocycles. The summed E-state index contributed by atoms with van der Waals surface area (Å²) in [6.45, 7) is 5.93. The normalized spacial score (nSPS) is 14.4. The Balaban J connectivity index is 1.76. The molecule has 2 aromatic heterocycles. The van der Waals surface area contributed by atoms with Crippen LogP contribution in [0.2, 0.25) is 0 Å². The Hall–Kier alpha value is -2.29. The van der Waals surface area contributed by atoms with Crippen LogP contribution >= 0.6 is 11.3 Å². The fourth-order valence-corrected chi connectivity index (χ4v) is 3.73. The molecule has 3 heterocycles. The van der Waals surface area contributed by atoms with Crippen molar-refractivity contribution in [2.75, 3.05) is 37.0 Å². The first-order chi connectivity index (χ1) is 12.4. The summed E-state index contributed by atoms with van der Waals surface area (Å²) in [6.07, 6.45) is 3.55. The van der Waals surface area contributed by atoms with Crippen LogP contribution in [0.4, 0.5) is 11.9 Å². The highest BCUT2D eigenvalue weighted by molar-refractivity contribution is 7.13. The molecule has 2 aromatic rings. The third kappa shape index (κ3) is 4.27. The SMILES string of the molecule is Cc1nc(C)c(C(=O)NCc2nc(N(C)C)nc(N3CCCCC3)n2)s1. The summed E-state index contributed by atoms with van der Waals surface area (Å²) in [7, 11) is 3.81. The average Bonchev–Trinajstić information content (AvgIpc) is 2.98. The monoisotopic (exact) mass is 375 g/mol. The van der Waals surface area contributed by atoms with E-state index in [1.807, 2.05) is 32.8 Å². The van der Waals surface area contributed by atoms with Gasteiger partial charge in [-0.1, -0.05) is 0 Å². The molecule has 0 bridgehead atoms. The zero-order valence-electron chi connectivity index (χ0n) is 15.7. The summed E-state index contributed by atoms with van der Waals surface area (Å²) in [5.41, 5.74) is 0.753. The number of anilines is 2. The number of aryl methyl sites for hydroxylation is 2. The smallest absolute Gasteiger partial charge is 0.263 e. The second-order valence-corrected chi connectivity index (χ2v) is 7.83. The van der Waals surface area contributed by atoms with E-state index in [-0.39, 0.29) is 12.5 Å². The molecule has 0 spiro atoms. The van der Waals surface area contributed by atoms with E-state index in [0.29, 0.717) is 22.6 Å². The second-order valence-electron chi connectivity index (χ2n) is 6.62. The molecule has 0 atom stereocenters. The van der Waals surface area contributed by atoms with Crippen LogP contribution < -0.4 is 15.1 Å². The number of thiazole rings is 1. The summed E-state index contributed by atoms with van der Waals surface area (Å²) in [5.74, 6) is 1.73. The highest BCUT2D eigenvalue weighted by atomic mass is 32.1. The molecule has 26 heavy (non-hydrogen) atoms. The highest BCUT2D eigenvalue weighted by Crippen LogP contribution is 2.19. The second kappa shape index (κ2) is 7.94. The number of nitrogens with zero attached hydrogens (tertiary/aromatic N) is 6. The Bertz CT molecular complexity index is 783. The maximum Gasteiger partial charge on any atom is 0.263 e. The minimum absolute atomic E-state index is 0.139. The van der Waals surface area contributed by atoms with Gasteiger partial charge in [-0.05, 0) is 33.1 Å². The van der Waals surface area contributed by atoms with Crippen molar-refractivity contribution in [3.63, 3.8) is 0 Å². The number of hydrogen-bond donors (Lipinski definition) is 1. The number of carbonyl (C=O) groups excluding carboxylic acids is 1. The molecule has 1 fully saturated rings. The van der Waals surface area contributed by atoms with E-state index in [2.05, 4.69) is 30.2 Å². The summed E-state index contributed by atoms with van der Waals surface area (Å²) in [5, 5.41) is 3.79. The van der Waals surface area contributed by atoms with Crippen molar-refractivity contribution >= 4 is 29.1 Å². The molecule has 1 saturated heterocycles. The Morgan fingerprint density at radius 1 is 1.12 bits per heavy atom. The lowest BCUT2D eigenvalue weighted by molar-refractivity contribution is 0.0953. The number of aromatic nitrogens is 4. The molecular weight excluding hydrogens is 350 g/mol. The van der Waals surface area contributed by atoms with Crippen LogP contribution in [0.5, 0.6) is 0 Å². The lowest BCUT2D eigenvalue weighted by atomic mass is 10.1. The zero-order valence-corrected chi connectivity index (χ0v) is 16.6. The van der Waals surface area contributed by atoms with Gasteiger partial charge in [0, 0.05) is 27.2 Å². The average molecular weight is 376 g/mol. The molecule has 1 N–H and O–H groups in total.